The summed E-state index contributed by atoms with van der Waals surface area (Å²) in [4.78, 5) is 11.8. The van der Waals surface area contributed by atoms with E-state index < -0.39 is 6.10 Å². The monoisotopic (exact) mass is 305 g/mol. The molecule has 2 rings (SSSR count). The number of rotatable bonds is 5. The number of hydrogen-bond donors (Lipinski definition) is 2. The van der Waals surface area contributed by atoms with Gasteiger partial charge in [0.1, 0.15) is 0 Å². The van der Waals surface area contributed by atoms with Crippen LogP contribution in [-0.2, 0) is 14.9 Å². The summed E-state index contributed by atoms with van der Waals surface area (Å²) < 4.78 is 5.44. The summed E-state index contributed by atoms with van der Waals surface area (Å²) in [5, 5.41) is 13.0. The highest BCUT2D eigenvalue weighted by molar-refractivity contribution is 5.76. The average Bonchev–Trinajstić information content (AvgIpc) is 2.97. The maximum Gasteiger partial charge on any atom is 0.222 e. The van der Waals surface area contributed by atoms with Gasteiger partial charge in [-0.15, -0.1) is 0 Å². The number of nitrogens with one attached hydrogen (secondary N) is 1. The normalized spacial score (nSPS) is 19.9. The van der Waals surface area contributed by atoms with Crippen LogP contribution in [0.3, 0.4) is 0 Å². The van der Waals surface area contributed by atoms with E-state index in [2.05, 4.69) is 26.1 Å². The van der Waals surface area contributed by atoms with Gasteiger partial charge in [0.25, 0.3) is 0 Å². The molecule has 1 heterocycles. The molecule has 0 aromatic heterocycles. The minimum absolute atomic E-state index is 0.0446. The number of aliphatic hydroxyl groups is 1. The van der Waals surface area contributed by atoms with Gasteiger partial charge in [-0.05, 0) is 29.4 Å². The molecule has 4 nitrogen and oxygen atoms in total. The first-order chi connectivity index (χ1) is 10.4. The molecule has 0 unspecified atom stereocenters. The van der Waals surface area contributed by atoms with E-state index in [-0.39, 0.29) is 24.0 Å². The molecule has 1 aliphatic heterocycles. The lowest BCUT2D eigenvalue weighted by atomic mass is 9.86. The van der Waals surface area contributed by atoms with Crippen LogP contribution in [0.15, 0.2) is 24.3 Å². The van der Waals surface area contributed by atoms with Gasteiger partial charge in [-0.1, -0.05) is 45.0 Å². The van der Waals surface area contributed by atoms with Gasteiger partial charge in [-0.25, -0.2) is 0 Å². The molecule has 1 aromatic rings. The number of benzene rings is 1. The Kier molecular flexibility index (Phi) is 5.59. The van der Waals surface area contributed by atoms with Crippen LogP contribution < -0.4 is 5.32 Å². The molecule has 1 aromatic carbocycles. The van der Waals surface area contributed by atoms with Crippen LogP contribution in [-0.4, -0.2) is 30.3 Å². The Morgan fingerprint density at radius 3 is 2.59 bits per heavy atom. The van der Waals surface area contributed by atoms with E-state index in [4.69, 9.17) is 4.74 Å². The van der Waals surface area contributed by atoms with Crippen molar-refractivity contribution in [3.05, 3.63) is 35.4 Å². The van der Waals surface area contributed by atoms with Crippen molar-refractivity contribution in [2.75, 3.05) is 13.2 Å². The first-order valence-corrected chi connectivity index (χ1v) is 8.03. The molecule has 1 aliphatic rings. The highest BCUT2D eigenvalue weighted by atomic mass is 16.5. The lowest BCUT2D eigenvalue weighted by molar-refractivity contribution is -0.123. The van der Waals surface area contributed by atoms with Crippen LogP contribution >= 0.6 is 0 Å². The maximum atomic E-state index is 11.8. The Labute approximate surface area is 132 Å². The smallest absolute Gasteiger partial charge is 0.222 e. The Morgan fingerprint density at radius 1 is 1.36 bits per heavy atom. The largest absolute Gasteiger partial charge is 0.387 e. The Balaban J connectivity index is 1.81. The van der Waals surface area contributed by atoms with Crippen LogP contribution in [0.1, 0.15) is 57.3 Å². The van der Waals surface area contributed by atoms with Crippen molar-refractivity contribution in [3.63, 3.8) is 0 Å². The van der Waals surface area contributed by atoms with Crippen molar-refractivity contribution >= 4 is 5.91 Å². The first kappa shape index (κ1) is 17.0. The minimum atomic E-state index is -0.678. The summed E-state index contributed by atoms with van der Waals surface area (Å²) >= 11 is 0. The van der Waals surface area contributed by atoms with Gasteiger partial charge in [0, 0.05) is 13.2 Å². The van der Waals surface area contributed by atoms with Crippen molar-refractivity contribution in [1.82, 2.24) is 5.32 Å². The fourth-order valence-corrected chi connectivity index (χ4v) is 2.62. The van der Waals surface area contributed by atoms with E-state index in [9.17, 15) is 9.90 Å². The molecule has 0 spiro atoms. The number of aliphatic hydroxyl groups excluding tert-OH is 1. The minimum Gasteiger partial charge on any atom is -0.387 e. The van der Waals surface area contributed by atoms with E-state index in [1.54, 1.807) is 0 Å². The molecule has 1 saturated heterocycles. The van der Waals surface area contributed by atoms with E-state index in [0.29, 0.717) is 6.42 Å². The topological polar surface area (TPSA) is 58.6 Å². The summed E-state index contributed by atoms with van der Waals surface area (Å²) in [6.45, 7) is 7.46. The van der Waals surface area contributed by atoms with Gasteiger partial charge >= 0.3 is 0 Å². The number of carbonyl (C=O) groups is 1. The molecule has 4 heteroatoms. The van der Waals surface area contributed by atoms with Crippen molar-refractivity contribution in [2.24, 2.45) is 0 Å². The van der Waals surface area contributed by atoms with Gasteiger partial charge in [0.2, 0.25) is 5.91 Å². The Morgan fingerprint density at radius 2 is 2.05 bits per heavy atom. The van der Waals surface area contributed by atoms with Crippen molar-refractivity contribution in [2.45, 2.75) is 57.7 Å². The van der Waals surface area contributed by atoms with Crippen molar-refractivity contribution in [1.29, 1.82) is 0 Å². The van der Waals surface area contributed by atoms with Crippen LogP contribution in [0.4, 0.5) is 0 Å². The third-order valence-electron chi connectivity index (χ3n) is 4.09. The number of carbonyl (C=O) groups excluding carboxylic acids is 1. The first-order valence-electron chi connectivity index (χ1n) is 8.03. The lowest BCUT2D eigenvalue weighted by Gasteiger charge is -2.20. The second-order valence-corrected chi connectivity index (χ2v) is 7.03. The molecule has 1 fully saturated rings. The highest BCUT2D eigenvalue weighted by Gasteiger charge is 2.20. The van der Waals surface area contributed by atoms with E-state index in [0.717, 1.165) is 25.0 Å². The third-order valence-corrected chi connectivity index (χ3v) is 4.09. The van der Waals surface area contributed by atoms with Gasteiger partial charge in [-0.3, -0.25) is 4.79 Å². The molecule has 122 valence electrons. The summed E-state index contributed by atoms with van der Waals surface area (Å²) in [5.74, 6) is -0.0581. The Bertz CT molecular complexity index is 484. The van der Waals surface area contributed by atoms with E-state index in [1.807, 2.05) is 24.3 Å². The molecule has 2 N–H and O–H groups in total. The van der Waals surface area contributed by atoms with E-state index in [1.165, 1.54) is 5.56 Å². The molecule has 0 saturated carbocycles. The lowest BCUT2D eigenvalue weighted by Crippen LogP contribution is -2.31. The van der Waals surface area contributed by atoms with Crippen molar-refractivity contribution in [3.8, 4) is 0 Å². The summed E-state index contributed by atoms with van der Waals surface area (Å²) in [7, 11) is 0. The SMILES string of the molecule is CC(C)(C)c1ccc([C@H](O)CNC(=O)C[C@@H]2CCCO2)cc1. The zero-order valence-electron chi connectivity index (χ0n) is 13.8. The molecule has 22 heavy (non-hydrogen) atoms. The number of ether oxygens (including phenoxy) is 1. The van der Waals surface area contributed by atoms with E-state index >= 15 is 0 Å². The summed E-state index contributed by atoms with van der Waals surface area (Å²) in [5.41, 5.74) is 2.15. The fraction of sp³-hybridized carbons (Fsp3) is 0.611. The molecule has 0 radical (unpaired) electrons. The molecule has 0 bridgehead atoms. The predicted molar refractivity (Wildman–Crippen MR) is 86.7 cm³/mol. The molecule has 2 atom stereocenters. The highest BCUT2D eigenvalue weighted by Crippen LogP contribution is 2.23. The van der Waals surface area contributed by atoms with Gasteiger partial charge in [-0.2, -0.15) is 0 Å². The average molecular weight is 305 g/mol. The molecule has 0 aliphatic carbocycles. The van der Waals surface area contributed by atoms with Crippen LogP contribution in [0.25, 0.3) is 0 Å². The standard InChI is InChI=1S/C18H27NO3/c1-18(2,3)14-8-6-13(7-9-14)16(20)12-19-17(21)11-15-5-4-10-22-15/h6-9,15-16,20H,4-5,10-12H2,1-3H3,(H,19,21)/t15-,16+/m0/s1. The quantitative estimate of drug-likeness (QED) is 0.879. The van der Waals surface area contributed by atoms with Gasteiger partial charge in [0.15, 0.2) is 0 Å². The summed E-state index contributed by atoms with van der Waals surface area (Å²) in [6, 6.07) is 7.93. The molecular weight excluding hydrogens is 278 g/mol. The summed E-state index contributed by atoms with van der Waals surface area (Å²) in [6.07, 6.45) is 1.73. The second kappa shape index (κ2) is 7.25. The molecular formula is C18H27NO3. The second-order valence-electron chi connectivity index (χ2n) is 7.03. The van der Waals surface area contributed by atoms with Crippen LogP contribution in [0.2, 0.25) is 0 Å². The predicted octanol–water partition coefficient (Wildman–Crippen LogP) is 2.70. The number of hydrogen-bond acceptors (Lipinski definition) is 3. The van der Waals surface area contributed by atoms with Crippen molar-refractivity contribution < 1.29 is 14.6 Å². The Hall–Kier alpha value is -1.39. The van der Waals surface area contributed by atoms with Crippen LogP contribution in [0.5, 0.6) is 0 Å². The zero-order valence-corrected chi connectivity index (χ0v) is 13.8. The fourth-order valence-electron chi connectivity index (χ4n) is 2.62. The number of amides is 1. The van der Waals surface area contributed by atoms with Gasteiger partial charge < -0.3 is 15.2 Å². The zero-order chi connectivity index (χ0) is 16.2. The molecule has 1 amide bonds. The van der Waals surface area contributed by atoms with Crippen LogP contribution in [0, 0.1) is 0 Å². The maximum absolute atomic E-state index is 11.8. The van der Waals surface area contributed by atoms with Gasteiger partial charge in [0.05, 0.1) is 18.6 Å². The third kappa shape index (κ3) is 4.82.